The van der Waals surface area contributed by atoms with Crippen molar-refractivity contribution in [2.24, 2.45) is 0 Å². The Morgan fingerprint density at radius 1 is 1.24 bits per heavy atom. The summed E-state index contributed by atoms with van der Waals surface area (Å²) in [5.74, 6) is -0.930. The number of carbonyl (C=O) groups is 4. The molecule has 0 saturated carbocycles. The molecule has 1 aromatic rings. The van der Waals surface area contributed by atoms with Gasteiger partial charge in [-0.1, -0.05) is 15.9 Å². The van der Waals surface area contributed by atoms with Gasteiger partial charge in [0.05, 0.1) is 12.0 Å². The summed E-state index contributed by atoms with van der Waals surface area (Å²) < 4.78 is 10.7. The predicted octanol–water partition coefficient (Wildman–Crippen LogP) is 2.66. The van der Waals surface area contributed by atoms with E-state index in [1.54, 1.807) is 23.1 Å². The van der Waals surface area contributed by atoms with Crippen molar-refractivity contribution in [3.63, 3.8) is 0 Å². The zero-order valence-corrected chi connectivity index (χ0v) is 18.1. The molecular formula is C19H19BrN2O6S. The summed E-state index contributed by atoms with van der Waals surface area (Å²) in [6.07, 6.45) is 3.39. The van der Waals surface area contributed by atoms with Crippen LogP contribution < -0.4 is 4.74 Å². The first-order valence-electron chi connectivity index (χ1n) is 8.91. The van der Waals surface area contributed by atoms with Crippen molar-refractivity contribution >= 4 is 56.8 Å². The van der Waals surface area contributed by atoms with Crippen LogP contribution in [0.3, 0.4) is 0 Å². The van der Waals surface area contributed by atoms with Gasteiger partial charge in [0.15, 0.2) is 6.61 Å². The molecule has 0 N–H and O–H groups in total. The molecule has 29 heavy (non-hydrogen) atoms. The van der Waals surface area contributed by atoms with E-state index in [0.717, 1.165) is 34.0 Å². The SMILES string of the molecule is COC(=O)COc1ccc(Br)cc1/C=C1/SC(=O)N(CC(=O)N2CCCC2)C1=O. The molecule has 2 saturated heterocycles. The highest BCUT2D eigenvalue weighted by atomic mass is 79.9. The maximum absolute atomic E-state index is 12.7. The van der Waals surface area contributed by atoms with Crippen molar-refractivity contribution in [2.75, 3.05) is 33.4 Å². The quantitative estimate of drug-likeness (QED) is 0.454. The fourth-order valence-corrected chi connectivity index (χ4v) is 4.15. The normalized spacial score (nSPS) is 17.9. The maximum Gasteiger partial charge on any atom is 0.343 e. The Kier molecular flexibility index (Phi) is 6.96. The van der Waals surface area contributed by atoms with Gasteiger partial charge in [-0.05, 0) is 48.9 Å². The molecule has 2 aliphatic heterocycles. The van der Waals surface area contributed by atoms with Crippen molar-refractivity contribution in [2.45, 2.75) is 12.8 Å². The van der Waals surface area contributed by atoms with Crippen LogP contribution in [0.2, 0.25) is 0 Å². The Balaban J connectivity index is 1.77. The maximum atomic E-state index is 12.7. The third kappa shape index (κ3) is 5.18. The van der Waals surface area contributed by atoms with Gasteiger partial charge in [-0.25, -0.2) is 4.79 Å². The van der Waals surface area contributed by atoms with Crippen LogP contribution in [-0.4, -0.2) is 66.2 Å². The number of rotatable bonds is 6. The molecule has 154 valence electrons. The van der Waals surface area contributed by atoms with Crippen LogP contribution in [0.4, 0.5) is 4.79 Å². The summed E-state index contributed by atoms with van der Waals surface area (Å²) >= 11 is 4.12. The molecule has 0 radical (unpaired) electrons. The smallest absolute Gasteiger partial charge is 0.343 e. The molecule has 8 nitrogen and oxygen atoms in total. The number of hydrogen-bond donors (Lipinski definition) is 0. The number of nitrogens with zero attached hydrogens (tertiary/aromatic N) is 2. The van der Waals surface area contributed by atoms with E-state index in [2.05, 4.69) is 20.7 Å². The molecule has 2 fully saturated rings. The van der Waals surface area contributed by atoms with Gasteiger partial charge in [0, 0.05) is 23.1 Å². The number of halogens is 1. The molecule has 1 aromatic carbocycles. The second-order valence-corrected chi connectivity index (χ2v) is 8.31. The molecule has 2 heterocycles. The van der Waals surface area contributed by atoms with Crippen LogP contribution in [-0.2, 0) is 19.1 Å². The van der Waals surface area contributed by atoms with Crippen LogP contribution in [0, 0.1) is 0 Å². The first kappa shape index (κ1) is 21.4. The zero-order chi connectivity index (χ0) is 21.0. The van der Waals surface area contributed by atoms with Gasteiger partial charge in [0.2, 0.25) is 5.91 Å². The Morgan fingerprint density at radius 2 is 1.97 bits per heavy atom. The van der Waals surface area contributed by atoms with Crippen molar-refractivity contribution in [3.05, 3.63) is 33.1 Å². The fraction of sp³-hybridized carbons (Fsp3) is 0.368. The number of benzene rings is 1. The van der Waals surface area contributed by atoms with Gasteiger partial charge in [0.25, 0.3) is 11.1 Å². The lowest BCUT2D eigenvalue weighted by Crippen LogP contribution is -2.40. The molecule has 0 aromatic heterocycles. The average molecular weight is 483 g/mol. The number of thioether (sulfide) groups is 1. The lowest BCUT2D eigenvalue weighted by molar-refractivity contribution is -0.143. The number of methoxy groups -OCH3 is 1. The van der Waals surface area contributed by atoms with Gasteiger partial charge in [-0.2, -0.15) is 0 Å². The van der Waals surface area contributed by atoms with Gasteiger partial charge < -0.3 is 14.4 Å². The number of imide groups is 1. The lowest BCUT2D eigenvalue weighted by Gasteiger charge is -2.18. The third-order valence-electron chi connectivity index (χ3n) is 4.46. The summed E-state index contributed by atoms with van der Waals surface area (Å²) in [7, 11) is 1.26. The first-order chi connectivity index (χ1) is 13.9. The van der Waals surface area contributed by atoms with Crippen LogP contribution in [0.5, 0.6) is 5.75 Å². The Hall–Kier alpha value is -2.33. The van der Waals surface area contributed by atoms with E-state index in [9.17, 15) is 19.2 Å². The minimum Gasteiger partial charge on any atom is -0.481 e. The van der Waals surface area contributed by atoms with E-state index in [1.807, 2.05) is 0 Å². The van der Waals surface area contributed by atoms with Gasteiger partial charge in [0.1, 0.15) is 12.3 Å². The molecule has 0 spiro atoms. The van der Waals surface area contributed by atoms with Gasteiger partial charge >= 0.3 is 5.97 Å². The van der Waals surface area contributed by atoms with E-state index >= 15 is 0 Å². The van der Waals surface area contributed by atoms with Crippen molar-refractivity contribution in [1.29, 1.82) is 0 Å². The lowest BCUT2D eigenvalue weighted by atomic mass is 10.2. The molecule has 3 rings (SSSR count). The van der Waals surface area contributed by atoms with Crippen LogP contribution >= 0.6 is 27.7 Å². The highest BCUT2D eigenvalue weighted by Gasteiger charge is 2.37. The summed E-state index contributed by atoms with van der Waals surface area (Å²) in [6, 6.07) is 5.07. The Morgan fingerprint density at radius 3 is 2.66 bits per heavy atom. The fourth-order valence-electron chi connectivity index (χ4n) is 2.94. The Labute approximate surface area is 180 Å². The monoisotopic (exact) mass is 482 g/mol. The average Bonchev–Trinajstić information content (AvgIpc) is 3.32. The zero-order valence-electron chi connectivity index (χ0n) is 15.7. The number of ether oxygens (including phenoxy) is 2. The molecule has 0 bridgehead atoms. The molecule has 2 aliphatic rings. The minimum absolute atomic E-state index is 0.185. The number of hydrogen-bond acceptors (Lipinski definition) is 7. The second-order valence-electron chi connectivity index (χ2n) is 6.40. The topological polar surface area (TPSA) is 93.2 Å². The third-order valence-corrected chi connectivity index (χ3v) is 5.86. The van der Waals surface area contributed by atoms with Gasteiger partial charge in [-0.15, -0.1) is 0 Å². The number of amides is 3. The van der Waals surface area contributed by atoms with E-state index in [4.69, 9.17) is 4.74 Å². The van der Waals surface area contributed by atoms with E-state index in [1.165, 1.54) is 13.2 Å². The van der Waals surface area contributed by atoms with Crippen molar-refractivity contribution < 1.29 is 28.7 Å². The van der Waals surface area contributed by atoms with Crippen LogP contribution in [0.15, 0.2) is 27.6 Å². The number of carbonyl (C=O) groups excluding carboxylic acids is 4. The number of likely N-dealkylation sites (tertiary alicyclic amines) is 1. The van der Waals surface area contributed by atoms with Crippen molar-refractivity contribution in [3.8, 4) is 5.75 Å². The number of esters is 1. The van der Waals surface area contributed by atoms with E-state index in [0.29, 0.717) is 24.4 Å². The molecule has 0 unspecified atom stereocenters. The van der Waals surface area contributed by atoms with Crippen LogP contribution in [0.1, 0.15) is 18.4 Å². The first-order valence-corrected chi connectivity index (χ1v) is 10.5. The van der Waals surface area contributed by atoms with E-state index < -0.39 is 17.1 Å². The highest BCUT2D eigenvalue weighted by molar-refractivity contribution is 9.10. The molecule has 10 heteroatoms. The molecule has 0 atom stereocenters. The highest BCUT2D eigenvalue weighted by Crippen LogP contribution is 2.35. The largest absolute Gasteiger partial charge is 0.481 e. The van der Waals surface area contributed by atoms with E-state index in [-0.39, 0.29) is 24.0 Å². The molecular weight excluding hydrogens is 464 g/mol. The van der Waals surface area contributed by atoms with Crippen LogP contribution in [0.25, 0.3) is 6.08 Å². The van der Waals surface area contributed by atoms with Gasteiger partial charge in [-0.3, -0.25) is 19.3 Å². The molecule has 0 aliphatic carbocycles. The second kappa shape index (κ2) is 9.45. The minimum atomic E-state index is -0.542. The summed E-state index contributed by atoms with van der Waals surface area (Å²) in [4.78, 5) is 51.5. The summed E-state index contributed by atoms with van der Waals surface area (Å²) in [5.41, 5.74) is 0.514. The summed E-state index contributed by atoms with van der Waals surface area (Å²) in [5, 5.41) is -0.485. The summed E-state index contributed by atoms with van der Waals surface area (Å²) in [6.45, 7) is 0.768. The standard InChI is InChI=1S/C19H19BrN2O6S/c1-27-17(24)11-28-14-5-4-13(20)8-12(14)9-15-18(25)22(19(26)29-15)10-16(23)21-6-2-3-7-21/h4-5,8-9H,2-3,6-7,10-11H2,1H3/b15-9+. The van der Waals surface area contributed by atoms with Crippen molar-refractivity contribution in [1.82, 2.24) is 9.80 Å². The molecule has 3 amide bonds. The predicted molar refractivity (Wildman–Crippen MR) is 110 cm³/mol. The Bertz CT molecular complexity index is 881.